The second-order valence-corrected chi connectivity index (χ2v) is 12.3. The van der Waals surface area contributed by atoms with Crippen molar-refractivity contribution in [2.24, 2.45) is 0 Å². The van der Waals surface area contributed by atoms with Gasteiger partial charge >= 0.3 is 0 Å². The molecule has 1 aromatic heterocycles. The van der Waals surface area contributed by atoms with E-state index in [0.717, 1.165) is 23.1 Å². The zero-order valence-electron chi connectivity index (χ0n) is 14.5. The Labute approximate surface area is 142 Å². The molecule has 0 aliphatic carbocycles. The summed E-state index contributed by atoms with van der Waals surface area (Å²) in [4.78, 5) is 10.1. The molecular formula is C16H23N3O4Si. The van der Waals surface area contributed by atoms with Gasteiger partial charge < -0.3 is 9.47 Å². The molecule has 1 heterocycles. The molecule has 1 aromatic carbocycles. The molecule has 0 unspecified atom stereocenters. The van der Waals surface area contributed by atoms with Crippen molar-refractivity contribution in [2.75, 3.05) is 13.7 Å². The average Bonchev–Trinajstić information content (AvgIpc) is 2.87. The Bertz CT molecular complexity index is 750. The molecule has 0 N–H and O–H groups in total. The maximum atomic E-state index is 10.6. The highest BCUT2D eigenvalue weighted by Crippen LogP contribution is 2.29. The summed E-state index contributed by atoms with van der Waals surface area (Å²) in [5, 5.41) is 15.8. The number of hydrogen-bond donors (Lipinski definition) is 0. The van der Waals surface area contributed by atoms with E-state index in [1.165, 1.54) is 6.08 Å². The fraction of sp³-hybridized carbons (Fsp3) is 0.438. The second kappa shape index (κ2) is 7.58. The number of fused-ring (bicyclic) bond motifs is 1. The van der Waals surface area contributed by atoms with Gasteiger partial charge in [0, 0.05) is 20.8 Å². The minimum atomic E-state index is -1.14. The van der Waals surface area contributed by atoms with Crippen molar-refractivity contribution >= 4 is 25.1 Å². The molecule has 8 heteroatoms. The van der Waals surface area contributed by atoms with Gasteiger partial charge in [-0.05, 0) is 18.2 Å². The second-order valence-electron chi connectivity index (χ2n) is 6.69. The lowest BCUT2D eigenvalue weighted by Gasteiger charge is -2.15. The van der Waals surface area contributed by atoms with Crippen LogP contribution in [0.5, 0.6) is 5.75 Å². The van der Waals surface area contributed by atoms with Gasteiger partial charge in [-0.2, -0.15) is 5.10 Å². The molecule has 2 aromatic rings. The molecule has 0 spiro atoms. The van der Waals surface area contributed by atoms with Gasteiger partial charge in [0.1, 0.15) is 18.2 Å². The van der Waals surface area contributed by atoms with Crippen LogP contribution >= 0.6 is 0 Å². The van der Waals surface area contributed by atoms with Gasteiger partial charge in [-0.15, -0.1) is 0 Å². The summed E-state index contributed by atoms with van der Waals surface area (Å²) in [7, 11) is 0.422. The van der Waals surface area contributed by atoms with E-state index in [-0.39, 0.29) is 0 Å². The quantitative estimate of drug-likeness (QED) is 0.315. The summed E-state index contributed by atoms with van der Waals surface area (Å²) < 4.78 is 12.8. The highest BCUT2D eigenvalue weighted by Gasteiger charge is 2.15. The minimum absolute atomic E-state index is 0.306. The van der Waals surface area contributed by atoms with E-state index in [4.69, 9.17) is 9.47 Å². The maximum absolute atomic E-state index is 10.6. The number of aromatic nitrogens is 2. The molecule has 2 rings (SSSR count). The lowest BCUT2D eigenvalue weighted by molar-refractivity contribution is -0.400. The standard InChI is InChI=1S/C16H23N3O4Si/c1-22-15-7-5-6-14-16(15)13(8-9-19(20)21)17-18(14)12-23-10-11-24(2,3)4/h5-9H,10-12H2,1-4H3. The molecule has 0 aliphatic rings. The van der Waals surface area contributed by atoms with Crippen LogP contribution < -0.4 is 4.74 Å². The molecule has 0 aliphatic heterocycles. The van der Waals surface area contributed by atoms with E-state index >= 15 is 0 Å². The number of rotatable bonds is 8. The number of benzene rings is 1. The summed E-state index contributed by atoms with van der Waals surface area (Å²) >= 11 is 0. The SMILES string of the molecule is COc1cccc2c1c(C=C[N+](=O)[O-])nn2COCC[Si](C)(C)C. The van der Waals surface area contributed by atoms with Crippen molar-refractivity contribution in [1.29, 1.82) is 0 Å². The Morgan fingerprint density at radius 1 is 1.38 bits per heavy atom. The van der Waals surface area contributed by atoms with Gasteiger partial charge in [0.25, 0.3) is 0 Å². The van der Waals surface area contributed by atoms with E-state index in [1.807, 2.05) is 18.2 Å². The summed E-state index contributed by atoms with van der Waals surface area (Å²) in [6.07, 6.45) is 2.26. The summed E-state index contributed by atoms with van der Waals surface area (Å²) in [6, 6.07) is 6.64. The first-order valence-electron chi connectivity index (χ1n) is 7.75. The normalized spacial score (nSPS) is 12.2. The third kappa shape index (κ3) is 4.65. The monoisotopic (exact) mass is 349 g/mol. The van der Waals surface area contributed by atoms with Crippen LogP contribution in [0.25, 0.3) is 17.0 Å². The molecular weight excluding hydrogens is 326 g/mol. The van der Waals surface area contributed by atoms with Gasteiger partial charge in [-0.1, -0.05) is 25.7 Å². The first-order valence-corrected chi connectivity index (χ1v) is 11.5. The number of nitrogens with zero attached hydrogens (tertiary/aromatic N) is 3. The molecule has 0 bridgehead atoms. The first kappa shape index (κ1) is 18.1. The third-order valence-electron chi connectivity index (χ3n) is 3.55. The molecule has 130 valence electrons. The van der Waals surface area contributed by atoms with Crippen molar-refractivity contribution in [2.45, 2.75) is 32.4 Å². The Balaban J connectivity index is 2.28. The Morgan fingerprint density at radius 2 is 2.12 bits per heavy atom. The number of hydrogen-bond acceptors (Lipinski definition) is 5. The van der Waals surface area contributed by atoms with Crippen LogP contribution in [0.4, 0.5) is 0 Å². The molecule has 0 radical (unpaired) electrons. The molecule has 0 atom stereocenters. The van der Waals surface area contributed by atoms with Gasteiger partial charge in [0.05, 0.1) is 22.9 Å². The Hall–Kier alpha value is -2.19. The molecule has 7 nitrogen and oxygen atoms in total. The Kier molecular flexibility index (Phi) is 5.74. The third-order valence-corrected chi connectivity index (χ3v) is 5.26. The number of ether oxygens (including phenoxy) is 2. The van der Waals surface area contributed by atoms with Crippen LogP contribution in [0.1, 0.15) is 5.69 Å². The lowest BCUT2D eigenvalue weighted by atomic mass is 10.2. The number of nitro groups is 1. The zero-order chi connectivity index (χ0) is 17.7. The molecule has 0 saturated carbocycles. The highest BCUT2D eigenvalue weighted by atomic mass is 28.3. The summed E-state index contributed by atoms with van der Waals surface area (Å²) in [5.41, 5.74) is 1.32. The van der Waals surface area contributed by atoms with E-state index in [2.05, 4.69) is 24.7 Å². The summed E-state index contributed by atoms with van der Waals surface area (Å²) in [6.45, 7) is 7.88. The minimum Gasteiger partial charge on any atom is -0.496 e. The maximum Gasteiger partial charge on any atom is 0.236 e. The average molecular weight is 349 g/mol. The van der Waals surface area contributed by atoms with E-state index < -0.39 is 13.0 Å². The molecule has 0 amide bonds. The van der Waals surface area contributed by atoms with Crippen LogP contribution in [-0.2, 0) is 11.5 Å². The smallest absolute Gasteiger partial charge is 0.236 e. The van der Waals surface area contributed by atoms with Crippen molar-refractivity contribution in [3.05, 3.63) is 40.2 Å². The van der Waals surface area contributed by atoms with Crippen LogP contribution in [0.2, 0.25) is 25.7 Å². The molecule has 24 heavy (non-hydrogen) atoms. The Morgan fingerprint density at radius 3 is 2.75 bits per heavy atom. The number of methoxy groups -OCH3 is 1. The van der Waals surface area contributed by atoms with Gasteiger partial charge in [-0.25, -0.2) is 4.68 Å². The lowest BCUT2D eigenvalue weighted by Crippen LogP contribution is -2.22. The van der Waals surface area contributed by atoms with Gasteiger partial charge in [0.2, 0.25) is 6.20 Å². The highest BCUT2D eigenvalue weighted by molar-refractivity contribution is 6.76. The van der Waals surface area contributed by atoms with Crippen LogP contribution in [0, 0.1) is 10.1 Å². The van der Waals surface area contributed by atoms with Gasteiger partial charge in [0.15, 0.2) is 0 Å². The fourth-order valence-electron chi connectivity index (χ4n) is 2.27. The van der Waals surface area contributed by atoms with Gasteiger partial charge in [-0.3, -0.25) is 10.1 Å². The van der Waals surface area contributed by atoms with E-state index in [9.17, 15) is 10.1 Å². The topological polar surface area (TPSA) is 79.4 Å². The van der Waals surface area contributed by atoms with Crippen molar-refractivity contribution in [1.82, 2.24) is 9.78 Å². The van der Waals surface area contributed by atoms with Crippen molar-refractivity contribution in [3.8, 4) is 5.75 Å². The van der Waals surface area contributed by atoms with Crippen LogP contribution in [0.15, 0.2) is 24.4 Å². The predicted molar refractivity (Wildman–Crippen MR) is 96.4 cm³/mol. The van der Waals surface area contributed by atoms with E-state index in [0.29, 0.717) is 24.8 Å². The van der Waals surface area contributed by atoms with Crippen molar-refractivity contribution in [3.63, 3.8) is 0 Å². The summed E-state index contributed by atoms with van der Waals surface area (Å²) in [5.74, 6) is 0.629. The zero-order valence-corrected chi connectivity index (χ0v) is 15.5. The van der Waals surface area contributed by atoms with E-state index in [1.54, 1.807) is 11.8 Å². The molecule has 0 saturated heterocycles. The molecule has 0 fully saturated rings. The van der Waals surface area contributed by atoms with Crippen LogP contribution in [0.3, 0.4) is 0 Å². The first-order chi connectivity index (χ1) is 11.3. The fourth-order valence-corrected chi connectivity index (χ4v) is 3.03. The van der Waals surface area contributed by atoms with Crippen LogP contribution in [-0.4, -0.2) is 36.5 Å². The predicted octanol–water partition coefficient (Wildman–Crippen LogP) is 3.60. The van der Waals surface area contributed by atoms with Crippen molar-refractivity contribution < 1.29 is 14.4 Å². The largest absolute Gasteiger partial charge is 0.496 e.